The normalized spacial score (nSPS) is 11.9. The van der Waals surface area contributed by atoms with E-state index in [2.05, 4.69) is 26.5 Å². The van der Waals surface area contributed by atoms with Crippen molar-refractivity contribution in [1.82, 2.24) is 15.6 Å². The summed E-state index contributed by atoms with van der Waals surface area (Å²) < 4.78 is 24.8. The van der Waals surface area contributed by atoms with Crippen molar-refractivity contribution in [2.75, 3.05) is 13.2 Å². The molecule has 0 unspecified atom stereocenters. The molecule has 2 N–H and O–H groups in total. The minimum absolute atomic E-state index is 0.117. The molecule has 0 spiro atoms. The van der Waals surface area contributed by atoms with Crippen molar-refractivity contribution in [3.63, 3.8) is 0 Å². The van der Waals surface area contributed by atoms with Gasteiger partial charge < -0.3 is 14.4 Å². The Morgan fingerprint density at radius 2 is 1.97 bits per heavy atom. The number of benzene rings is 2. The third-order valence-corrected chi connectivity index (χ3v) is 4.91. The first-order valence-corrected chi connectivity index (χ1v) is 10.5. The fourth-order valence-corrected chi connectivity index (χ4v) is 3.12. The van der Waals surface area contributed by atoms with Crippen LogP contribution in [0.3, 0.4) is 0 Å². The highest BCUT2D eigenvalue weighted by Gasteiger charge is 2.24. The topological polar surface area (TPSA) is 105 Å². The summed E-state index contributed by atoms with van der Waals surface area (Å²) in [4.78, 5) is 24.6. The standard InChI is InChI=1S/C22H21BrFN3O5/c1-2-31-22(30)19(28)13-27(12-14-7-9-15(23)10-8-14)25-21(29)20-11-18(26-32-20)16-5-3-4-6-17(16)24/h3-11,19,28H,2,12-13H2,1H3,(H,25,29)/t19-/m1/s1. The van der Waals surface area contributed by atoms with Gasteiger partial charge in [-0.2, -0.15) is 0 Å². The molecule has 0 bridgehead atoms. The van der Waals surface area contributed by atoms with Crippen LogP contribution in [0.5, 0.6) is 0 Å². The molecule has 2 aromatic carbocycles. The van der Waals surface area contributed by atoms with E-state index in [0.717, 1.165) is 10.0 Å². The maximum absolute atomic E-state index is 14.0. The summed E-state index contributed by atoms with van der Waals surface area (Å²) >= 11 is 3.36. The van der Waals surface area contributed by atoms with Crippen LogP contribution >= 0.6 is 15.9 Å². The molecule has 10 heteroatoms. The van der Waals surface area contributed by atoms with E-state index < -0.39 is 23.8 Å². The number of rotatable bonds is 9. The fourth-order valence-electron chi connectivity index (χ4n) is 2.86. The van der Waals surface area contributed by atoms with E-state index in [4.69, 9.17) is 9.26 Å². The zero-order valence-electron chi connectivity index (χ0n) is 17.1. The highest BCUT2D eigenvalue weighted by molar-refractivity contribution is 9.10. The third-order valence-electron chi connectivity index (χ3n) is 4.38. The minimum atomic E-state index is -1.48. The second-order valence-electron chi connectivity index (χ2n) is 6.77. The second kappa shape index (κ2) is 11.0. The van der Waals surface area contributed by atoms with Gasteiger partial charge in [-0.3, -0.25) is 10.2 Å². The van der Waals surface area contributed by atoms with Crippen LogP contribution in [0.1, 0.15) is 23.0 Å². The van der Waals surface area contributed by atoms with Gasteiger partial charge in [-0.05, 0) is 36.8 Å². The number of aromatic nitrogens is 1. The first kappa shape index (κ1) is 23.6. The van der Waals surface area contributed by atoms with Crippen molar-refractivity contribution in [3.05, 3.63) is 76.2 Å². The van der Waals surface area contributed by atoms with E-state index in [1.54, 1.807) is 19.1 Å². The fraction of sp³-hybridized carbons (Fsp3) is 0.227. The maximum Gasteiger partial charge on any atom is 0.336 e. The molecule has 1 aromatic heterocycles. The van der Waals surface area contributed by atoms with Gasteiger partial charge in [0.1, 0.15) is 11.5 Å². The van der Waals surface area contributed by atoms with Gasteiger partial charge in [-0.15, -0.1) is 0 Å². The molecule has 0 fully saturated rings. The summed E-state index contributed by atoms with van der Waals surface area (Å²) in [5.74, 6) is -2.13. The molecule has 3 aromatic rings. The zero-order valence-corrected chi connectivity index (χ0v) is 18.7. The van der Waals surface area contributed by atoms with Crippen molar-refractivity contribution >= 4 is 27.8 Å². The lowest BCUT2D eigenvalue weighted by atomic mass is 10.1. The van der Waals surface area contributed by atoms with E-state index in [1.165, 1.54) is 23.2 Å². The molecular weight excluding hydrogens is 485 g/mol. The number of hydrogen-bond acceptors (Lipinski definition) is 7. The number of ether oxygens (including phenoxy) is 1. The average molecular weight is 506 g/mol. The van der Waals surface area contributed by atoms with E-state index in [-0.39, 0.29) is 36.7 Å². The SMILES string of the molecule is CCOC(=O)[C@H](O)CN(Cc1ccc(Br)cc1)NC(=O)c1cc(-c2ccccc2F)no1. The molecule has 1 heterocycles. The number of aliphatic hydroxyl groups excluding tert-OH is 1. The Morgan fingerprint density at radius 3 is 2.66 bits per heavy atom. The van der Waals surface area contributed by atoms with Gasteiger partial charge >= 0.3 is 11.9 Å². The molecule has 32 heavy (non-hydrogen) atoms. The average Bonchev–Trinajstić information content (AvgIpc) is 3.26. The van der Waals surface area contributed by atoms with Crippen LogP contribution in [0.25, 0.3) is 11.3 Å². The van der Waals surface area contributed by atoms with Gasteiger partial charge in [0, 0.05) is 22.6 Å². The van der Waals surface area contributed by atoms with Crippen LogP contribution in [-0.2, 0) is 16.1 Å². The van der Waals surface area contributed by atoms with Gasteiger partial charge in [-0.25, -0.2) is 14.2 Å². The summed E-state index contributed by atoms with van der Waals surface area (Å²) in [6.07, 6.45) is -1.48. The largest absolute Gasteiger partial charge is 0.464 e. The van der Waals surface area contributed by atoms with Crippen molar-refractivity contribution in [1.29, 1.82) is 0 Å². The molecule has 168 valence electrons. The quantitative estimate of drug-likeness (QED) is 0.339. The third kappa shape index (κ3) is 6.22. The summed E-state index contributed by atoms with van der Waals surface area (Å²) in [5, 5.41) is 15.3. The van der Waals surface area contributed by atoms with Crippen molar-refractivity contribution in [2.24, 2.45) is 0 Å². The maximum atomic E-state index is 14.0. The number of nitrogens with zero attached hydrogens (tertiary/aromatic N) is 2. The van der Waals surface area contributed by atoms with Crippen LogP contribution in [0.2, 0.25) is 0 Å². The van der Waals surface area contributed by atoms with Gasteiger partial charge in [-0.1, -0.05) is 45.4 Å². The predicted octanol–water partition coefficient (Wildman–Crippen LogP) is 3.31. The Hall–Kier alpha value is -3.08. The molecule has 0 aliphatic heterocycles. The number of halogens is 2. The van der Waals surface area contributed by atoms with Gasteiger partial charge in [0.2, 0.25) is 5.76 Å². The monoisotopic (exact) mass is 505 g/mol. The number of carbonyl (C=O) groups is 2. The Bertz CT molecular complexity index is 1070. The van der Waals surface area contributed by atoms with Crippen molar-refractivity contribution in [3.8, 4) is 11.3 Å². The van der Waals surface area contributed by atoms with E-state index >= 15 is 0 Å². The minimum Gasteiger partial charge on any atom is -0.464 e. The van der Waals surface area contributed by atoms with E-state index in [0.29, 0.717) is 0 Å². The Labute approximate surface area is 192 Å². The van der Waals surface area contributed by atoms with E-state index in [9.17, 15) is 19.1 Å². The van der Waals surface area contributed by atoms with Gasteiger partial charge in [0.25, 0.3) is 0 Å². The molecule has 0 aliphatic rings. The molecule has 3 rings (SSSR count). The van der Waals surface area contributed by atoms with Gasteiger partial charge in [0.15, 0.2) is 6.10 Å². The number of hydrazine groups is 1. The molecular formula is C22H21BrFN3O5. The highest BCUT2D eigenvalue weighted by atomic mass is 79.9. The smallest absolute Gasteiger partial charge is 0.336 e. The Balaban J connectivity index is 1.75. The van der Waals surface area contributed by atoms with Crippen molar-refractivity contribution < 1.29 is 28.3 Å². The number of aliphatic hydroxyl groups is 1. The highest BCUT2D eigenvalue weighted by Crippen LogP contribution is 2.22. The lowest BCUT2D eigenvalue weighted by Gasteiger charge is -2.24. The Morgan fingerprint density at radius 1 is 1.25 bits per heavy atom. The molecule has 1 atom stereocenters. The first-order valence-electron chi connectivity index (χ1n) is 9.74. The second-order valence-corrected chi connectivity index (χ2v) is 7.69. The lowest BCUT2D eigenvalue weighted by Crippen LogP contribution is -2.47. The number of esters is 1. The molecule has 0 radical (unpaired) electrons. The number of carbonyl (C=O) groups excluding carboxylic acids is 2. The molecule has 8 nitrogen and oxygen atoms in total. The summed E-state index contributed by atoms with van der Waals surface area (Å²) in [7, 11) is 0. The van der Waals surface area contributed by atoms with Crippen LogP contribution < -0.4 is 5.43 Å². The Kier molecular flexibility index (Phi) is 8.09. The van der Waals surface area contributed by atoms with Crippen LogP contribution in [0.15, 0.2) is 63.6 Å². The number of amides is 1. The van der Waals surface area contributed by atoms with Crippen LogP contribution in [-0.4, -0.2) is 46.4 Å². The number of nitrogens with one attached hydrogen (secondary N) is 1. The van der Waals surface area contributed by atoms with Crippen molar-refractivity contribution in [2.45, 2.75) is 19.6 Å². The molecule has 0 aliphatic carbocycles. The lowest BCUT2D eigenvalue weighted by molar-refractivity contribution is -0.154. The summed E-state index contributed by atoms with van der Waals surface area (Å²) in [5.41, 5.74) is 3.77. The van der Waals surface area contributed by atoms with Crippen LogP contribution in [0, 0.1) is 5.82 Å². The first-order chi connectivity index (χ1) is 15.4. The zero-order chi connectivity index (χ0) is 23.1. The molecule has 0 saturated carbocycles. The molecule has 0 saturated heterocycles. The van der Waals surface area contributed by atoms with Gasteiger partial charge in [0.05, 0.1) is 13.2 Å². The van der Waals surface area contributed by atoms with E-state index in [1.807, 2.05) is 24.3 Å². The predicted molar refractivity (Wildman–Crippen MR) is 117 cm³/mol. The van der Waals surface area contributed by atoms with Crippen LogP contribution in [0.4, 0.5) is 4.39 Å². The summed E-state index contributed by atoms with van der Waals surface area (Å²) in [6.45, 7) is 1.70. The molecule has 1 amide bonds. The summed E-state index contributed by atoms with van der Waals surface area (Å²) in [6, 6.07) is 14.6. The number of hydrogen-bond donors (Lipinski definition) is 2.